The summed E-state index contributed by atoms with van der Waals surface area (Å²) < 4.78 is 3.00. The monoisotopic (exact) mass is 1180 g/mol. The minimum absolute atomic E-state index is 0.931. The molecular weight excluding hydrogens is 1100 g/mol. The summed E-state index contributed by atoms with van der Waals surface area (Å²) in [5.74, 6) is 14.7. The van der Waals surface area contributed by atoms with Gasteiger partial charge in [0.25, 0.3) is 0 Å². The molecule has 10 aromatic rings. The minimum Gasteiger partial charge on any atom is -0.0616 e. The van der Waals surface area contributed by atoms with E-state index >= 15 is 0 Å². The predicted octanol–water partition coefficient (Wildman–Crippen LogP) is 20.1. The molecule has 0 bridgehead atoms. The summed E-state index contributed by atoms with van der Waals surface area (Å²) in [6.07, 6.45) is 16.2. The molecular formula is C77H76Ge2N2. The predicted molar refractivity (Wildman–Crippen MR) is 365 cm³/mol. The Labute approximate surface area is 487 Å². The minimum atomic E-state index is -2.01. The van der Waals surface area contributed by atoms with Crippen molar-refractivity contribution in [3.8, 4) is 44.5 Å². The average Bonchev–Trinajstić information content (AvgIpc) is 3.69. The van der Waals surface area contributed by atoms with Crippen LogP contribution < -0.4 is 29.0 Å². The second-order valence-electron chi connectivity index (χ2n) is 23.0. The van der Waals surface area contributed by atoms with Gasteiger partial charge in [-0.05, 0) is 36.1 Å². The first kappa shape index (κ1) is 56.4. The molecule has 0 amide bonds. The SMILES string of the molecule is C=Cc1c(C=C)c(-c2ccc(N(C(/C=C\C)=C/CC)c3cc[c]([Ge]([CH3])([CH3])[CH3])cc3)cc2)c2ccccc2c1-c1ccc(-c2c(=C/C)/c(=C\C)c(-c3ccc(N(c4ccccc4)c4cc[c]([Ge]([CH3])([CH3])[CH3])cc4)cc3)c3ccccc23)cc1. The van der Waals surface area contributed by atoms with Gasteiger partial charge < -0.3 is 0 Å². The number of fused-ring (bicyclic) bond motifs is 2. The molecule has 0 atom stereocenters. The number of allylic oxidation sites excluding steroid dienone is 3. The molecule has 4 heteroatoms. The van der Waals surface area contributed by atoms with E-state index in [-0.39, 0.29) is 0 Å². The Morgan fingerprint density at radius 2 is 0.716 bits per heavy atom. The third-order valence-electron chi connectivity index (χ3n) is 15.9. The summed E-state index contributed by atoms with van der Waals surface area (Å²) in [5, 5.41) is 7.26. The first-order valence-electron chi connectivity index (χ1n) is 28.7. The molecule has 0 radical (unpaired) electrons. The van der Waals surface area contributed by atoms with Crippen molar-refractivity contribution >= 4 is 110 Å². The van der Waals surface area contributed by atoms with E-state index < -0.39 is 26.5 Å². The molecule has 0 unspecified atom stereocenters. The Morgan fingerprint density at radius 1 is 0.395 bits per heavy atom. The van der Waals surface area contributed by atoms with Gasteiger partial charge in [0.2, 0.25) is 0 Å². The average molecular weight is 1170 g/mol. The number of rotatable bonds is 16. The molecule has 0 fully saturated rings. The molecule has 402 valence electrons. The van der Waals surface area contributed by atoms with E-state index in [1.165, 1.54) is 63.0 Å². The number of hydrogen-bond acceptors (Lipinski definition) is 2. The first-order chi connectivity index (χ1) is 39.2. The van der Waals surface area contributed by atoms with E-state index in [1.54, 1.807) is 0 Å². The fraction of sp³-hybridized carbons (Fsp3) is 0.143. The van der Waals surface area contributed by atoms with Crippen LogP contribution in [0.2, 0.25) is 34.5 Å². The quantitative estimate of drug-likeness (QED) is 0.0703. The number of para-hydroxylation sites is 1. The van der Waals surface area contributed by atoms with Gasteiger partial charge in [0, 0.05) is 0 Å². The second kappa shape index (κ2) is 24.1. The molecule has 0 aliphatic heterocycles. The topological polar surface area (TPSA) is 6.48 Å². The summed E-state index contributed by atoms with van der Waals surface area (Å²) in [5.41, 5.74) is 18.4. The zero-order valence-corrected chi connectivity index (χ0v) is 53.3. The van der Waals surface area contributed by atoms with E-state index in [1.807, 2.05) is 12.2 Å². The van der Waals surface area contributed by atoms with Gasteiger partial charge in [-0.3, -0.25) is 0 Å². The Hall–Kier alpha value is -7.89. The van der Waals surface area contributed by atoms with Gasteiger partial charge in [-0.1, -0.05) is 86.0 Å². The Balaban J connectivity index is 1.04. The van der Waals surface area contributed by atoms with Crippen molar-refractivity contribution in [3.63, 3.8) is 0 Å². The van der Waals surface area contributed by atoms with Crippen LogP contribution in [0.4, 0.5) is 28.4 Å². The van der Waals surface area contributed by atoms with Crippen LogP contribution in [-0.4, -0.2) is 26.5 Å². The second-order valence-corrected chi connectivity index (χ2v) is 44.3. The Kier molecular flexibility index (Phi) is 16.7. The molecule has 0 saturated heterocycles. The number of hydrogen-bond donors (Lipinski definition) is 0. The third-order valence-corrected chi connectivity index (χ3v) is 24.5. The molecule has 10 aromatic carbocycles. The summed E-state index contributed by atoms with van der Waals surface area (Å²) >= 11 is -4.00. The maximum atomic E-state index is 4.47. The molecule has 0 aromatic heterocycles. The first-order valence-corrected chi connectivity index (χ1v) is 43.4. The molecule has 81 heavy (non-hydrogen) atoms. The third kappa shape index (κ3) is 11.2. The standard InChI is InChI=1S/C77H76Ge2N2/c1-13-26-60(27-14-2)80(64-50-42-58(43-51-64)78(7,8)9)62-46-38-56(39-47-62)76-68(17-5)66(15-3)74(70-30-22-24-32-72(70)76)54-34-36-55(37-35-54)75-67(16-4)69(18-6)77(73-33-25-23-31-71(73)75)57-40-48-63(49-41-57)81(61-28-20-19-21-29-61)65-52-44-59(45-53-65)79(10,11)12/h13,15-53H,3,5,14H2,1-2,4,6-12H3/b26-13-,60-27+,67-16+,69-18+. The van der Waals surface area contributed by atoms with Crippen molar-refractivity contribution in [2.75, 3.05) is 9.80 Å². The Morgan fingerprint density at radius 3 is 1.07 bits per heavy atom. The van der Waals surface area contributed by atoms with Crippen molar-refractivity contribution in [1.82, 2.24) is 0 Å². The van der Waals surface area contributed by atoms with Crippen molar-refractivity contribution < 1.29 is 0 Å². The van der Waals surface area contributed by atoms with Crippen molar-refractivity contribution in [2.24, 2.45) is 0 Å². The van der Waals surface area contributed by atoms with Crippen LogP contribution in [0.5, 0.6) is 0 Å². The molecule has 0 saturated carbocycles. The maximum absolute atomic E-state index is 4.47. The van der Waals surface area contributed by atoms with Gasteiger partial charge in [-0.25, -0.2) is 0 Å². The number of benzene rings is 10. The van der Waals surface area contributed by atoms with Crippen LogP contribution in [-0.2, 0) is 0 Å². The fourth-order valence-corrected chi connectivity index (χ4v) is 16.8. The van der Waals surface area contributed by atoms with Crippen molar-refractivity contribution in [2.45, 2.75) is 68.7 Å². The van der Waals surface area contributed by atoms with Crippen LogP contribution in [0.25, 0.3) is 90.4 Å². The van der Waals surface area contributed by atoms with Crippen LogP contribution in [0.15, 0.2) is 237 Å². The molecule has 0 aliphatic carbocycles. The van der Waals surface area contributed by atoms with Gasteiger partial charge in [0.1, 0.15) is 0 Å². The van der Waals surface area contributed by atoms with E-state index in [9.17, 15) is 0 Å². The van der Waals surface area contributed by atoms with Crippen LogP contribution in [0, 0.1) is 0 Å². The molecule has 0 heterocycles. The van der Waals surface area contributed by atoms with Crippen LogP contribution in [0.3, 0.4) is 0 Å². The van der Waals surface area contributed by atoms with E-state index in [2.05, 4.69) is 316 Å². The van der Waals surface area contributed by atoms with Gasteiger partial charge >= 0.3 is 369 Å². The summed E-state index contributed by atoms with van der Waals surface area (Å²) in [4.78, 5) is 4.75. The fourth-order valence-electron chi connectivity index (χ4n) is 11.9. The van der Waals surface area contributed by atoms with Crippen molar-refractivity contribution in [1.29, 1.82) is 0 Å². The molecule has 0 N–H and O–H groups in total. The van der Waals surface area contributed by atoms with Gasteiger partial charge in [0.15, 0.2) is 0 Å². The number of nitrogens with zero attached hydrogens (tertiary/aromatic N) is 2. The zero-order valence-electron chi connectivity index (χ0n) is 49.1. The smallest absolute Gasteiger partial charge is 0.0616 e. The van der Waals surface area contributed by atoms with Crippen molar-refractivity contribution in [3.05, 3.63) is 259 Å². The summed E-state index contributed by atoms with van der Waals surface area (Å²) in [6, 6.07) is 74.6. The molecule has 0 aliphatic rings. The normalized spacial score (nSPS) is 12.6. The molecule has 2 nitrogen and oxygen atoms in total. The van der Waals surface area contributed by atoms with Gasteiger partial charge in [0.05, 0.1) is 0 Å². The van der Waals surface area contributed by atoms with E-state index in [0.29, 0.717) is 0 Å². The zero-order chi connectivity index (χ0) is 57.0. The number of anilines is 5. The van der Waals surface area contributed by atoms with Gasteiger partial charge in [-0.15, -0.1) is 0 Å². The van der Waals surface area contributed by atoms with Crippen LogP contribution >= 0.6 is 0 Å². The van der Waals surface area contributed by atoms with E-state index in [4.69, 9.17) is 0 Å². The van der Waals surface area contributed by atoms with Gasteiger partial charge in [-0.2, -0.15) is 0 Å². The summed E-state index contributed by atoms with van der Waals surface area (Å²) in [6.45, 7) is 17.6. The molecule has 0 spiro atoms. The molecule has 10 rings (SSSR count). The Bertz CT molecular complexity index is 4120. The summed E-state index contributed by atoms with van der Waals surface area (Å²) in [7, 11) is 0. The van der Waals surface area contributed by atoms with Crippen LogP contribution in [0.1, 0.15) is 45.2 Å². The van der Waals surface area contributed by atoms with E-state index in [0.717, 1.165) is 73.9 Å².